The fourth-order valence-electron chi connectivity index (χ4n) is 3.62. The van der Waals surface area contributed by atoms with E-state index in [0.717, 1.165) is 22.5 Å². The maximum atomic E-state index is 13.6. The number of hydrogen-bond acceptors (Lipinski definition) is 4. The van der Waals surface area contributed by atoms with Crippen LogP contribution in [0.3, 0.4) is 0 Å². The molecule has 0 fully saturated rings. The quantitative estimate of drug-likeness (QED) is 0.427. The third-order valence-electron chi connectivity index (χ3n) is 5.73. The highest BCUT2D eigenvalue weighted by Gasteiger charge is 2.32. The molecule has 2 rings (SSSR count). The van der Waals surface area contributed by atoms with Gasteiger partial charge < -0.3 is 10.2 Å². The fourth-order valence-corrected chi connectivity index (χ4v) is 5.04. The van der Waals surface area contributed by atoms with E-state index in [1.54, 1.807) is 0 Å². The fraction of sp³-hybridized carbons (Fsp3) is 0.440. The van der Waals surface area contributed by atoms with E-state index in [2.05, 4.69) is 5.32 Å². The number of amides is 2. The summed E-state index contributed by atoms with van der Waals surface area (Å²) in [6.07, 6.45) is 2.65. The lowest BCUT2D eigenvalue weighted by Gasteiger charge is -2.33. The smallest absolute Gasteiger partial charge is 0.244 e. The van der Waals surface area contributed by atoms with Gasteiger partial charge in [0.1, 0.15) is 12.6 Å². The largest absolute Gasteiger partial charge is 0.352 e. The minimum absolute atomic E-state index is 0.0528. The summed E-state index contributed by atoms with van der Waals surface area (Å²) in [5, 5.41) is 3.39. The molecule has 2 unspecified atom stereocenters. The van der Waals surface area contributed by atoms with Gasteiger partial charge >= 0.3 is 0 Å². The van der Waals surface area contributed by atoms with Crippen LogP contribution in [0, 0.1) is 0 Å². The van der Waals surface area contributed by atoms with E-state index in [1.807, 2.05) is 51.1 Å². The van der Waals surface area contributed by atoms with Crippen LogP contribution in [0.4, 0.5) is 5.69 Å². The molecule has 10 heteroatoms. The molecule has 35 heavy (non-hydrogen) atoms. The van der Waals surface area contributed by atoms with Crippen LogP contribution in [0.2, 0.25) is 10.0 Å². The highest BCUT2D eigenvalue weighted by molar-refractivity contribution is 7.92. The molecule has 0 saturated carbocycles. The predicted octanol–water partition coefficient (Wildman–Crippen LogP) is 4.52. The maximum absolute atomic E-state index is 13.6. The van der Waals surface area contributed by atoms with Gasteiger partial charge in [0.05, 0.1) is 17.0 Å². The van der Waals surface area contributed by atoms with Crippen molar-refractivity contribution in [2.75, 3.05) is 23.7 Å². The Labute approximate surface area is 218 Å². The molecule has 0 aromatic heterocycles. The average molecular weight is 543 g/mol. The molecule has 2 aromatic rings. The Kier molecular flexibility index (Phi) is 10.9. The number of nitrogens with zero attached hydrogens (tertiary/aromatic N) is 2. The summed E-state index contributed by atoms with van der Waals surface area (Å²) in [4.78, 5) is 28.1. The number of hydrogen-bond donors (Lipinski definition) is 1. The molecule has 7 nitrogen and oxygen atoms in total. The first-order valence-corrected chi connectivity index (χ1v) is 14.1. The number of anilines is 1. The maximum Gasteiger partial charge on any atom is 0.244 e. The molecule has 0 heterocycles. The van der Waals surface area contributed by atoms with E-state index in [9.17, 15) is 18.0 Å². The normalized spacial score (nSPS) is 13.1. The van der Waals surface area contributed by atoms with Crippen molar-refractivity contribution in [2.24, 2.45) is 0 Å². The van der Waals surface area contributed by atoms with Crippen LogP contribution in [-0.2, 0) is 26.0 Å². The molecule has 0 aliphatic heterocycles. The Bertz CT molecular complexity index is 1110. The van der Waals surface area contributed by atoms with Crippen molar-refractivity contribution >= 4 is 50.7 Å². The zero-order valence-electron chi connectivity index (χ0n) is 20.5. The Morgan fingerprint density at radius 2 is 1.69 bits per heavy atom. The number of carbonyl (C=O) groups is 2. The van der Waals surface area contributed by atoms with Gasteiger partial charge in [-0.25, -0.2) is 8.42 Å². The van der Waals surface area contributed by atoms with Gasteiger partial charge in [-0.05, 0) is 49.9 Å². The van der Waals surface area contributed by atoms with Gasteiger partial charge in [-0.1, -0.05) is 67.4 Å². The molecular weight excluding hydrogens is 509 g/mol. The van der Waals surface area contributed by atoms with E-state index >= 15 is 0 Å². The van der Waals surface area contributed by atoms with E-state index in [1.165, 1.54) is 23.1 Å². The SMILES string of the molecule is CCC(C)NC(=O)C(CC)N(CCc1ccccc1)C(=O)CN(c1ccc(Cl)cc1Cl)S(C)(=O)=O. The summed E-state index contributed by atoms with van der Waals surface area (Å²) in [5.41, 5.74) is 1.15. The summed E-state index contributed by atoms with van der Waals surface area (Å²) in [6.45, 7) is 5.44. The molecule has 0 aliphatic carbocycles. The first kappa shape index (κ1) is 28.9. The highest BCUT2D eigenvalue weighted by atomic mass is 35.5. The highest BCUT2D eigenvalue weighted by Crippen LogP contribution is 2.30. The summed E-state index contributed by atoms with van der Waals surface area (Å²) < 4.78 is 26.2. The number of nitrogens with one attached hydrogen (secondary N) is 1. The van der Waals surface area contributed by atoms with Crippen molar-refractivity contribution in [1.82, 2.24) is 10.2 Å². The molecule has 0 bridgehead atoms. The summed E-state index contributed by atoms with van der Waals surface area (Å²) in [6, 6.07) is 13.2. The first-order valence-electron chi connectivity index (χ1n) is 11.5. The molecule has 2 atom stereocenters. The van der Waals surface area contributed by atoms with Gasteiger partial charge in [0.15, 0.2) is 0 Å². The number of benzene rings is 2. The van der Waals surface area contributed by atoms with E-state index < -0.39 is 28.5 Å². The molecule has 2 amide bonds. The predicted molar refractivity (Wildman–Crippen MR) is 142 cm³/mol. The van der Waals surface area contributed by atoms with Crippen LogP contribution in [0.5, 0.6) is 0 Å². The lowest BCUT2D eigenvalue weighted by molar-refractivity contribution is -0.139. The average Bonchev–Trinajstić information content (AvgIpc) is 2.80. The Morgan fingerprint density at radius 1 is 1.03 bits per heavy atom. The number of halogens is 2. The van der Waals surface area contributed by atoms with Gasteiger partial charge in [-0.3, -0.25) is 13.9 Å². The van der Waals surface area contributed by atoms with Gasteiger partial charge in [-0.15, -0.1) is 0 Å². The molecule has 2 aromatic carbocycles. The molecule has 0 saturated heterocycles. The molecule has 0 radical (unpaired) electrons. The monoisotopic (exact) mass is 541 g/mol. The lowest BCUT2D eigenvalue weighted by Crippen LogP contribution is -2.54. The summed E-state index contributed by atoms with van der Waals surface area (Å²) >= 11 is 12.2. The topological polar surface area (TPSA) is 86.8 Å². The van der Waals surface area contributed by atoms with Gasteiger partial charge in [0, 0.05) is 17.6 Å². The minimum Gasteiger partial charge on any atom is -0.352 e. The van der Waals surface area contributed by atoms with Crippen LogP contribution in [0.25, 0.3) is 0 Å². The number of sulfonamides is 1. The van der Waals surface area contributed by atoms with Crippen LogP contribution < -0.4 is 9.62 Å². The third-order valence-corrected chi connectivity index (χ3v) is 7.39. The van der Waals surface area contributed by atoms with Crippen molar-refractivity contribution in [3.63, 3.8) is 0 Å². The van der Waals surface area contributed by atoms with Gasteiger partial charge in [0.25, 0.3) is 0 Å². The van der Waals surface area contributed by atoms with E-state index in [4.69, 9.17) is 23.2 Å². The van der Waals surface area contributed by atoms with Crippen LogP contribution in [-0.4, -0.2) is 56.6 Å². The van der Waals surface area contributed by atoms with Gasteiger partial charge in [0.2, 0.25) is 21.8 Å². The van der Waals surface area contributed by atoms with Crippen molar-refractivity contribution in [3.8, 4) is 0 Å². The van der Waals surface area contributed by atoms with E-state index in [-0.39, 0.29) is 29.2 Å². The minimum atomic E-state index is -3.87. The number of rotatable bonds is 12. The zero-order chi connectivity index (χ0) is 26.2. The summed E-state index contributed by atoms with van der Waals surface area (Å²) in [7, 11) is -3.87. The second-order valence-corrected chi connectivity index (χ2v) is 11.2. The molecule has 0 aliphatic rings. The van der Waals surface area contributed by atoms with E-state index in [0.29, 0.717) is 17.9 Å². The second kappa shape index (κ2) is 13.1. The summed E-state index contributed by atoms with van der Waals surface area (Å²) in [5.74, 6) is -0.762. The number of carbonyl (C=O) groups excluding carboxylic acids is 2. The van der Waals surface area contributed by atoms with Crippen molar-refractivity contribution < 1.29 is 18.0 Å². The van der Waals surface area contributed by atoms with Gasteiger partial charge in [-0.2, -0.15) is 0 Å². The molecule has 0 spiro atoms. The van der Waals surface area contributed by atoms with Crippen molar-refractivity contribution in [1.29, 1.82) is 0 Å². The Hall–Kier alpha value is -2.29. The molecular formula is C25H33Cl2N3O4S. The van der Waals surface area contributed by atoms with Crippen LogP contribution >= 0.6 is 23.2 Å². The zero-order valence-corrected chi connectivity index (χ0v) is 22.8. The Balaban J connectivity index is 2.39. The molecule has 1 N–H and O–H groups in total. The van der Waals surface area contributed by atoms with Crippen LogP contribution in [0.1, 0.15) is 39.2 Å². The second-order valence-electron chi connectivity index (χ2n) is 8.43. The van der Waals surface area contributed by atoms with Crippen LogP contribution in [0.15, 0.2) is 48.5 Å². The van der Waals surface area contributed by atoms with Crippen molar-refractivity contribution in [3.05, 3.63) is 64.1 Å². The standard InChI is InChI=1S/C25H33Cl2N3O4S/c1-5-18(3)28-25(32)22(6-2)29(15-14-19-10-8-7-9-11-19)24(31)17-30(35(4,33)34)23-13-12-20(26)16-21(23)27/h7-13,16,18,22H,5-6,14-15,17H2,1-4H3,(H,28,32). The van der Waals surface area contributed by atoms with Crippen molar-refractivity contribution in [2.45, 2.75) is 52.1 Å². The molecule has 192 valence electrons. The Morgan fingerprint density at radius 3 is 2.23 bits per heavy atom. The lowest BCUT2D eigenvalue weighted by atomic mass is 10.1. The first-order chi connectivity index (χ1) is 16.5. The third kappa shape index (κ3) is 8.40.